The Labute approximate surface area is 184 Å². The van der Waals surface area contributed by atoms with Crippen molar-refractivity contribution in [3.63, 3.8) is 0 Å². The number of halogens is 3. The molecule has 1 aromatic carbocycles. The van der Waals surface area contributed by atoms with Gasteiger partial charge >= 0.3 is 0 Å². The smallest absolute Gasteiger partial charge is 0.266 e. The molecule has 5 heteroatoms. The molecule has 1 aromatic rings. The van der Waals surface area contributed by atoms with Gasteiger partial charge in [0.2, 0.25) is 0 Å². The number of benzene rings is 1. The standard InChI is InChI=1S/C25H33ClF2N2/c1-17(2)24(30-18(3)9-8-12-20-10-6-5-7-11-20)22-13-21(14-23(26)15-22)16-25(27,28)19(4)29/h6,10-11,13-15,19,24,30H,1,3,5,7-9,12,16,29H2,2,4H3. The van der Waals surface area contributed by atoms with Crippen LogP contribution in [0.15, 0.2) is 66.4 Å². The molecule has 2 unspecified atom stereocenters. The van der Waals surface area contributed by atoms with Crippen LogP contribution in [0.3, 0.4) is 0 Å². The van der Waals surface area contributed by atoms with Gasteiger partial charge in [-0.1, -0.05) is 60.2 Å². The fraction of sp³-hybridized carbons (Fsp3) is 0.440. The number of alkyl halides is 2. The average Bonchev–Trinajstić information content (AvgIpc) is 2.65. The van der Waals surface area contributed by atoms with E-state index in [1.807, 2.05) is 6.92 Å². The highest BCUT2D eigenvalue weighted by molar-refractivity contribution is 6.30. The summed E-state index contributed by atoms with van der Waals surface area (Å²) in [6.45, 7) is 11.4. The monoisotopic (exact) mass is 434 g/mol. The van der Waals surface area contributed by atoms with E-state index in [9.17, 15) is 8.78 Å². The minimum absolute atomic E-state index is 0.243. The number of nitrogens with one attached hydrogen (secondary N) is 1. The Bertz CT molecular complexity index is 824. The van der Waals surface area contributed by atoms with E-state index in [2.05, 4.69) is 36.7 Å². The first kappa shape index (κ1) is 24.4. The number of hydrogen-bond acceptors (Lipinski definition) is 2. The lowest BCUT2D eigenvalue weighted by molar-refractivity contribution is -0.0190. The van der Waals surface area contributed by atoms with Gasteiger partial charge < -0.3 is 11.1 Å². The molecule has 1 aliphatic carbocycles. The third-order valence-corrected chi connectivity index (χ3v) is 5.49. The van der Waals surface area contributed by atoms with Crippen LogP contribution >= 0.6 is 11.6 Å². The van der Waals surface area contributed by atoms with Crippen molar-refractivity contribution < 1.29 is 8.78 Å². The highest BCUT2D eigenvalue weighted by Crippen LogP contribution is 2.30. The van der Waals surface area contributed by atoms with Crippen LogP contribution in [0.1, 0.15) is 63.1 Å². The van der Waals surface area contributed by atoms with Crippen LogP contribution < -0.4 is 11.1 Å². The Morgan fingerprint density at radius 1 is 1.27 bits per heavy atom. The zero-order valence-corrected chi connectivity index (χ0v) is 18.7. The minimum Gasteiger partial charge on any atom is -0.378 e. The molecule has 0 saturated heterocycles. The van der Waals surface area contributed by atoms with Crippen molar-refractivity contribution in [2.75, 3.05) is 0 Å². The molecular weight excluding hydrogens is 402 g/mol. The first-order valence-corrected chi connectivity index (χ1v) is 10.8. The van der Waals surface area contributed by atoms with E-state index in [-0.39, 0.29) is 6.04 Å². The normalized spacial score (nSPS) is 16.0. The van der Waals surface area contributed by atoms with Gasteiger partial charge in [-0.05, 0) is 69.2 Å². The molecule has 164 valence electrons. The van der Waals surface area contributed by atoms with Crippen molar-refractivity contribution in [2.24, 2.45) is 5.73 Å². The molecule has 30 heavy (non-hydrogen) atoms. The molecule has 0 aromatic heterocycles. The second-order valence-electron chi connectivity index (χ2n) is 8.26. The summed E-state index contributed by atoms with van der Waals surface area (Å²) >= 11 is 6.24. The maximum Gasteiger partial charge on any atom is 0.266 e. The first-order chi connectivity index (χ1) is 14.1. The van der Waals surface area contributed by atoms with Crippen molar-refractivity contribution in [2.45, 2.75) is 70.4 Å². The number of nitrogens with two attached hydrogens (primary N) is 1. The van der Waals surface area contributed by atoms with Crippen LogP contribution in [0, 0.1) is 0 Å². The Balaban J connectivity index is 2.06. The lowest BCUT2D eigenvalue weighted by atomic mass is 9.95. The maximum atomic E-state index is 14.1. The summed E-state index contributed by atoms with van der Waals surface area (Å²) in [5, 5.41) is 3.82. The molecule has 0 saturated carbocycles. The third-order valence-electron chi connectivity index (χ3n) is 5.28. The SMILES string of the molecule is C=C(CCCC1=CCCC=C1)NC(C(=C)C)c1cc(Cl)cc(CC(F)(F)C(C)N)c1. The van der Waals surface area contributed by atoms with Gasteiger partial charge in [-0.15, -0.1) is 0 Å². The molecular formula is C25H33ClF2N2. The summed E-state index contributed by atoms with van der Waals surface area (Å²) in [7, 11) is 0. The highest BCUT2D eigenvalue weighted by Gasteiger charge is 2.34. The van der Waals surface area contributed by atoms with Crippen LogP contribution in [0.2, 0.25) is 5.02 Å². The Kier molecular flexibility index (Phi) is 8.87. The molecule has 0 spiro atoms. The second kappa shape index (κ2) is 10.9. The quantitative estimate of drug-likeness (QED) is 0.367. The Hall–Kier alpha value is -1.91. The Morgan fingerprint density at radius 2 is 2.00 bits per heavy atom. The van der Waals surface area contributed by atoms with Crippen molar-refractivity contribution in [3.8, 4) is 0 Å². The summed E-state index contributed by atoms with van der Waals surface area (Å²) in [6, 6.07) is 3.62. The van der Waals surface area contributed by atoms with E-state index in [1.165, 1.54) is 12.5 Å². The van der Waals surface area contributed by atoms with Crippen LogP contribution in [0.5, 0.6) is 0 Å². The van der Waals surface area contributed by atoms with Gasteiger partial charge in [0, 0.05) is 17.1 Å². The van der Waals surface area contributed by atoms with Gasteiger partial charge in [-0.25, -0.2) is 8.78 Å². The van der Waals surface area contributed by atoms with Gasteiger partial charge in [-0.2, -0.15) is 0 Å². The summed E-state index contributed by atoms with van der Waals surface area (Å²) in [5.41, 5.74) is 9.82. The zero-order valence-electron chi connectivity index (χ0n) is 18.0. The molecule has 1 aliphatic rings. The molecule has 0 fully saturated rings. The van der Waals surface area contributed by atoms with Crippen LogP contribution in [-0.2, 0) is 6.42 Å². The molecule has 0 heterocycles. The molecule has 0 bridgehead atoms. The van der Waals surface area contributed by atoms with E-state index in [0.717, 1.165) is 48.9 Å². The minimum atomic E-state index is -3.00. The molecule has 3 N–H and O–H groups in total. The largest absolute Gasteiger partial charge is 0.378 e. The molecule has 2 atom stereocenters. The van der Waals surface area contributed by atoms with Gasteiger partial charge in [0.1, 0.15) is 0 Å². The van der Waals surface area contributed by atoms with Crippen LogP contribution in [-0.4, -0.2) is 12.0 Å². The van der Waals surface area contributed by atoms with E-state index in [4.69, 9.17) is 17.3 Å². The van der Waals surface area contributed by atoms with Crippen molar-refractivity contribution in [1.29, 1.82) is 0 Å². The summed E-state index contributed by atoms with van der Waals surface area (Å²) in [4.78, 5) is 0. The molecule has 0 aliphatic heterocycles. The summed E-state index contributed by atoms with van der Waals surface area (Å²) in [5.74, 6) is -3.00. The predicted octanol–water partition coefficient (Wildman–Crippen LogP) is 7.03. The molecule has 0 radical (unpaired) electrons. The average molecular weight is 435 g/mol. The lowest BCUT2D eigenvalue weighted by Crippen LogP contribution is -2.40. The van der Waals surface area contributed by atoms with E-state index < -0.39 is 18.4 Å². The van der Waals surface area contributed by atoms with E-state index in [1.54, 1.807) is 18.2 Å². The molecule has 2 rings (SSSR count). The fourth-order valence-corrected chi connectivity index (χ4v) is 3.77. The lowest BCUT2D eigenvalue weighted by Gasteiger charge is -2.25. The highest BCUT2D eigenvalue weighted by atomic mass is 35.5. The zero-order chi connectivity index (χ0) is 22.3. The second-order valence-corrected chi connectivity index (χ2v) is 8.70. The van der Waals surface area contributed by atoms with Crippen molar-refractivity contribution >= 4 is 11.6 Å². The first-order valence-electron chi connectivity index (χ1n) is 10.5. The topological polar surface area (TPSA) is 38.0 Å². The van der Waals surface area contributed by atoms with Gasteiger partial charge in [-0.3, -0.25) is 0 Å². The number of rotatable bonds is 11. The van der Waals surface area contributed by atoms with E-state index in [0.29, 0.717) is 10.6 Å². The maximum absolute atomic E-state index is 14.1. The van der Waals surface area contributed by atoms with Crippen molar-refractivity contribution in [3.05, 3.63) is 82.6 Å². The van der Waals surface area contributed by atoms with Crippen molar-refractivity contribution in [1.82, 2.24) is 5.32 Å². The predicted molar refractivity (Wildman–Crippen MR) is 124 cm³/mol. The van der Waals surface area contributed by atoms with E-state index >= 15 is 0 Å². The fourth-order valence-electron chi connectivity index (χ4n) is 3.50. The van der Waals surface area contributed by atoms with Gasteiger partial charge in [0.25, 0.3) is 5.92 Å². The van der Waals surface area contributed by atoms with Gasteiger partial charge in [0.15, 0.2) is 0 Å². The number of hydrogen-bond donors (Lipinski definition) is 2. The van der Waals surface area contributed by atoms with Crippen LogP contribution in [0.4, 0.5) is 8.78 Å². The summed E-state index contributed by atoms with van der Waals surface area (Å²) < 4.78 is 28.3. The third kappa shape index (κ3) is 7.41. The number of allylic oxidation sites excluding steroid dienone is 5. The van der Waals surface area contributed by atoms with Crippen LogP contribution in [0.25, 0.3) is 0 Å². The van der Waals surface area contributed by atoms with Gasteiger partial charge in [0.05, 0.1) is 12.1 Å². The summed E-state index contributed by atoms with van der Waals surface area (Å²) in [6.07, 6.45) is 11.3. The molecule has 2 nitrogen and oxygen atoms in total. The molecule has 0 amide bonds. The Morgan fingerprint density at radius 3 is 2.60 bits per heavy atom.